The number of nitrogens with two attached hydrogens (primary N) is 1. The van der Waals surface area contributed by atoms with Gasteiger partial charge in [0.05, 0.1) is 6.04 Å². The normalized spacial score (nSPS) is 20.5. The summed E-state index contributed by atoms with van der Waals surface area (Å²) in [5.74, 6) is 0.801. The molecule has 12 heavy (non-hydrogen) atoms. The van der Waals surface area contributed by atoms with E-state index in [4.69, 9.17) is 5.73 Å². The summed E-state index contributed by atoms with van der Waals surface area (Å²) in [6.07, 6.45) is 6.09. The number of hydrogen-bond donors (Lipinski definition) is 1. The Morgan fingerprint density at radius 1 is 1.67 bits per heavy atom. The maximum atomic E-state index is 5.73. The number of nitrogens with zero attached hydrogens (tertiary/aromatic N) is 1. The van der Waals surface area contributed by atoms with Gasteiger partial charge >= 0.3 is 0 Å². The van der Waals surface area contributed by atoms with Gasteiger partial charge in [-0.15, -0.1) is 11.3 Å². The summed E-state index contributed by atoms with van der Waals surface area (Å²) in [5.41, 5.74) is 5.73. The van der Waals surface area contributed by atoms with Crippen LogP contribution in [-0.4, -0.2) is 4.98 Å². The first-order valence-electron chi connectivity index (χ1n) is 4.48. The van der Waals surface area contributed by atoms with E-state index in [1.807, 2.05) is 13.1 Å². The molecule has 1 heterocycles. The van der Waals surface area contributed by atoms with Gasteiger partial charge in [0.25, 0.3) is 0 Å². The van der Waals surface area contributed by atoms with Gasteiger partial charge in [0.1, 0.15) is 5.01 Å². The van der Waals surface area contributed by atoms with Crippen LogP contribution in [0.1, 0.15) is 48.0 Å². The first-order valence-corrected chi connectivity index (χ1v) is 5.30. The van der Waals surface area contributed by atoms with E-state index in [-0.39, 0.29) is 6.04 Å². The monoisotopic (exact) mass is 182 g/mol. The zero-order valence-electron chi connectivity index (χ0n) is 7.29. The lowest BCUT2D eigenvalue weighted by atomic mass is 9.85. The second kappa shape index (κ2) is 3.15. The summed E-state index contributed by atoms with van der Waals surface area (Å²) in [5, 5.41) is 1.08. The Balaban J connectivity index is 2.12. The van der Waals surface area contributed by atoms with Gasteiger partial charge in [-0.2, -0.15) is 0 Å². The lowest BCUT2D eigenvalue weighted by Crippen LogP contribution is -2.06. The van der Waals surface area contributed by atoms with Crippen molar-refractivity contribution < 1.29 is 0 Å². The van der Waals surface area contributed by atoms with Crippen molar-refractivity contribution >= 4 is 11.3 Å². The molecule has 1 aliphatic rings. The van der Waals surface area contributed by atoms with Crippen molar-refractivity contribution in [2.24, 2.45) is 5.73 Å². The van der Waals surface area contributed by atoms with Crippen LogP contribution in [0.3, 0.4) is 0 Å². The van der Waals surface area contributed by atoms with Crippen LogP contribution >= 0.6 is 11.3 Å². The van der Waals surface area contributed by atoms with Crippen LogP contribution in [0, 0.1) is 0 Å². The van der Waals surface area contributed by atoms with E-state index < -0.39 is 0 Å². The van der Waals surface area contributed by atoms with E-state index in [0.29, 0.717) is 0 Å². The largest absolute Gasteiger partial charge is 0.322 e. The molecule has 0 saturated heterocycles. The first kappa shape index (κ1) is 8.20. The molecule has 0 radical (unpaired) electrons. The first-order chi connectivity index (χ1) is 5.77. The van der Waals surface area contributed by atoms with Crippen LogP contribution in [-0.2, 0) is 0 Å². The minimum absolute atomic E-state index is 0.101. The molecule has 1 unspecified atom stereocenters. The zero-order valence-corrected chi connectivity index (χ0v) is 8.10. The Bertz CT molecular complexity index is 263. The predicted molar refractivity (Wildman–Crippen MR) is 51.3 cm³/mol. The highest BCUT2D eigenvalue weighted by atomic mass is 32.1. The maximum Gasteiger partial charge on any atom is 0.109 e. The molecule has 1 aromatic rings. The quantitative estimate of drug-likeness (QED) is 0.763. The van der Waals surface area contributed by atoms with Crippen LogP contribution in [0.5, 0.6) is 0 Å². The van der Waals surface area contributed by atoms with Crippen LogP contribution in [0.4, 0.5) is 0 Å². The van der Waals surface area contributed by atoms with Crippen molar-refractivity contribution in [1.29, 1.82) is 0 Å². The molecule has 0 aliphatic heterocycles. The molecular formula is C9H14N2S. The van der Waals surface area contributed by atoms with Gasteiger partial charge in [0.15, 0.2) is 0 Å². The van der Waals surface area contributed by atoms with Gasteiger partial charge in [0, 0.05) is 11.1 Å². The van der Waals surface area contributed by atoms with E-state index >= 15 is 0 Å². The minimum Gasteiger partial charge on any atom is -0.322 e. The average Bonchev–Trinajstić information content (AvgIpc) is 2.32. The Morgan fingerprint density at radius 2 is 2.42 bits per heavy atom. The minimum atomic E-state index is 0.101. The third-order valence-corrected chi connectivity index (χ3v) is 3.80. The Labute approximate surface area is 76.8 Å². The number of hydrogen-bond acceptors (Lipinski definition) is 3. The summed E-state index contributed by atoms with van der Waals surface area (Å²) >= 11 is 1.79. The molecular weight excluding hydrogens is 168 g/mol. The van der Waals surface area contributed by atoms with E-state index in [9.17, 15) is 0 Å². The van der Waals surface area contributed by atoms with Crippen molar-refractivity contribution in [3.05, 3.63) is 16.1 Å². The molecule has 0 bridgehead atoms. The van der Waals surface area contributed by atoms with Gasteiger partial charge in [-0.25, -0.2) is 4.98 Å². The Morgan fingerprint density at radius 3 is 2.83 bits per heavy atom. The molecule has 0 amide bonds. The van der Waals surface area contributed by atoms with E-state index in [1.165, 1.54) is 24.1 Å². The molecule has 1 aromatic heterocycles. The van der Waals surface area contributed by atoms with E-state index in [0.717, 1.165) is 10.9 Å². The van der Waals surface area contributed by atoms with Gasteiger partial charge in [-0.1, -0.05) is 6.42 Å². The molecule has 0 spiro atoms. The number of thiazole rings is 1. The lowest BCUT2D eigenvalue weighted by Gasteiger charge is -2.23. The van der Waals surface area contributed by atoms with Crippen molar-refractivity contribution in [2.75, 3.05) is 0 Å². The lowest BCUT2D eigenvalue weighted by molar-refractivity contribution is 0.425. The van der Waals surface area contributed by atoms with Gasteiger partial charge < -0.3 is 5.73 Å². The summed E-state index contributed by atoms with van der Waals surface area (Å²) in [7, 11) is 0. The highest BCUT2D eigenvalue weighted by molar-refractivity contribution is 7.11. The highest BCUT2D eigenvalue weighted by Gasteiger charge is 2.22. The summed E-state index contributed by atoms with van der Waals surface area (Å²) in [6.45, 7) is 1.99. The van der Waals surface area contributed by atoms with Gasteiger partial charge in [0.2, 0.25) is 0 Å². The molecule has 1 aliphatic carbocycles. The second-order valence-electron chi connectivity index (χ2n) is 3.52. The molecule has 0 aromatic carbocycles. The molecule has 1 atom stereocenters. The molecule has 2 nitrogen and oxygen atoms in total. The Kier molecular flexibility index (Phi) is 2.15. The van der Waals surface area contributed by atoms with Crippen LogP contribution in [0.25, 0.3) is 0 Å². The number of rotatable bonds is 2. The van der Waals surface area contributed by atoms with E-state index in [2.05, 4.69) is 4.98 Å². The predicted octanol–water partition coefficient (Wildman–Crippen LogP) is 2.43. The summed E-state index contributed by atoms with van der Waals surface area (Å²) < 4.78 is 0. The maximum absolute atomic E-state index is 5.73. The van der Waals surface area contributed by atoms with Crippen LogP contribution in [0.2, 0.25) is 0 Å². The van der Waals surface area contributed by atoms with Crippen molar-refractivity contribution in [3.63, 3.8) is 0 Å². The molecule has 2 N–H and O–H groups in total. The van der Waals surface area contributed by atoms with Crippen molar-refractivity contribution in [1.82, 2.24) is 4.98 Å². The Hall–Kier alpha value is -0.410. The summed E-state index contributed by atoms with van der Waals surface area (Å²) in [6, 6.07) is 0.101. The van der Waals surface area contributed by atoms with Crippen LogP contribution < -0.4 is 5.73 Å². The van der Waals surface area contributed by atoms with Crippen molar-refractivity contribution in [3.8, 4) is 0 Å². The average molecular weight is 182 g/mol. The fourth-order valence-electron chi connectivity index (χ4n) is 1.39. The molecule has 1 fully saturated rings. The third-order valence-electron chi connectivity index (χ3n) is 2.44. The zero-order chi connectivity index (χ0) is 8.55. The molecule has 2 rings (SSSR count). The second-order valence-corrected chi connectivity index (χ2v) is 4.61. The van der Waals surface area contributed by atoms with E-state index in [1.54, 1.807) is 11.3 Å². The molecule has 3 heteroatoms. The fraction of sp³-hybridized carbons (Fsp3) is 0.667. The van der Waals surface area contributed by atoms with Gasteiger partial charge in [-0.3, -0.25) is 0 Å². The highest BCUT2D eigenvalue weighted by Crippen LogP contribution is 2.39. The SMILES string of the molecule is CC(N)c1ncc(C2CCC2)s1. The standard InChI is InChI=1S/C9H14N2S/c1-6(10)9-11-5-8(12-9)7-3-2-4-7/h5-7H,2-4,10H2,1H3. The van der Waals surface area contributed by atoms with Crippen LogP contribution in [0.15, 0.2) is 6.20 Å². The smallest absolute Gasteiger partial charge is 0.109 e. The number of aromatic nitrogens is 1. The fourth-order valence-corrected chi connectivity index (χ4v) is 2.43. The topological polar surface area (TPSA) is 38.9 Å². The van der Waals surface area contributed by atoms with Gasteiger partial charge in [-0.05, 0) is 25.7 Å². The summed E-state index contributed by atoms with van der Waals surface area (Å²) in [4.78, 5) is 5.75. The molecule has 1 saturated carbocycles. The van der Waals surface area contributed by atoms with Crippen molar-refractivity contribution in [2.45, 2.75) is 38.1 Å². The third kappa shape index (κ3) is 1.39. The molecule has 66 valence electrons.